The number of halogens is 3. The van der Waals surface area contributed by atoms with Crippen molar-refractivity contribution in [1.29, 1.82) is 0 Å². The Morgan fingerprint density at radius 2 is 2.13 bits per heavy atom. The highest BCUT2D eigenvalue weighted by molar-refractivity contribution is 9.10. The van der Waals surface area contributed by atoms with Crippen LogP contribution in [0.5, 0.6) is 0 Å². The zero-order valence-electron chi connectivity index (χ0n) is 7.50. The van der Waals surface area contributed by atoms with Gasteiger partial charge in [-0.25, -0.2) is 4.39 Å². The number of nitrogens with two attached hydrogens (primary N) is 1. The van der Waals surface area contributed by atoms with E-state index >= 15 is 0 Å². The van der Waals surface area contributed by atoms with Crippen molar-refractivity contribution in [3.63, 3.8) is 0 Å². The van der Waals surface area contributed by atoms with Gasteiger partial charge in [-0.1, -0.05) is 6.07 Å². The van der Waals surface area contributed by atoms with Crippen LogP contribution in [0.25, 0.3) is 11.3 Å². The number of benzene rings is 1. The number of hydrogen-bond acceptors (Lipinski definition) is 2. The van der Waals surface area contributed by atoms with Crippen molar-refractivity contribution in [1.82, 2.24) is 10.2 Å². The maximum Gasteiger partial charge on any atom is 0.146 e. The Morgan fingerprint density at radius 3 is 2.73 bits per heavy atom. The number of nitrogens with zero attached hydrogens (tertiary/aromatic N) is 1. The molecule has 0 radical (unpaired) electrons. The number of rotatable bonds is 1. The monoisotopic (exact) mass is 291 g/mol. The molecular weight excluding hydrogens is 284 g/mol. The van der Waals surface area contributed by atoms with Crippen LogP contribution < -0.4 is 5.73 Å². The Balaban J connectivity index is 0.00000112. The van der Waals surface area contributed by atoms with Crippen LogP contribution in [0.15, 0.2) is 28.7 Å². The van der Waals surface area contributed by atoms with Crippen molar-refractivity contribution in [2.24, 2.45) is 0 Å². The molecule has 0 atom stereocenters. The molecule has 0 spiro atoms. The summed E-state index contributed by atoms with van der Waals surface area (Å²) in [7, 11) is 0. The van der Waals surface area contributed by atoms with Crippen LogP contribution in [0.3, 0.4) is 0 Å². The summed E-state index contributed by atoms with van der Waals surface area (Å²) in [5, 5.41) is 6.39. The Bertz CT molecular complexity index is 472. The van der Waals surface area contributed by atoms with Gasteiger partial charge in [0, 0.05) is 11.6 Å². The SMILES string of the molecule is Cl.Nc1cc(-c2cccc(Br)c2F)[nH]n1. The van der Waals surface area contributed by atoms with Crippen LogP contribution in [0.4, 0.5) is 10.2 Å². The topological polar surface area (TPSA) is 54.7 Å². The summed E-state index contributed by atoms with van der Waals surface area (Å²) < 4.78 is 14.0. The number of nitrogens with one attached hydrogen (secondary N) is 1. The van der Waals surface area contributed by atoms with Crippen molar-refractivity contribution in [2.75, 3.05) is 5.73 Å². The van der Waals surface area contributed by atoms with Gasteiger partial charge in [-0.2, -0.15) is 5.10 Å². The second-order valence-electron chi connectivity index (χ2n) is 2.81. The van der Waals surface area contributed by atoms with E-state index in [9.17, 15) is 4.39 Å². The molecule has 80 valence electrons. The van der Waals surface area contributed by atoms with E-state index in [4.69, 9.17) is 5.73 Å². The number of aromatic nitrogens is 2. The van der Waals surface area contributed by atoms with Crippen molar-refractivity contribution in [2.45, 2.75) is 0 Å². The van der Waals surface area contributed by atoms with Gasteiger partial charge in [0.15, 0.2) is 0 Å². The van der Waals surface area contributed by atoms with Gasteiger partial charge < -0.3 is 5.73 Å². The molecule has 3 nitrogen and oxygen atoms in total. The van der Waals surface area contributed by atoms with Crippen LogP contribution in [0.2, 0.25) is 0 Å². The smallest absolute Gasteiger partial charge is 0.146 e. The third-order valence-electron chi connectivity index (χ3n) is 1.84. The van der Waals surface area contributed by atoms with E-state index in [1.165, 1.54) is 0 Å². The molecule has 3 N–H and O–H groups in total. The standard InChI is InChI=1S/C9H7BrFN3.ClH/c10-6-3-1-2-5(9(6)11)7-4-8(12)14-13-7;/h1-4H,(H3,12,13,14);1H. The van der Waals surface area contributed by atoms with Crippen LogP contribution in [0.1, 0.15) is 0 Å². The lowest BCUT2D eigenvalue weighted by molar-refractivity contribution is 0.624. The van der Waals surface area contributed by atoms with Crippen molar-refractivity contribution in [3.05, 3.63) is 34.6 Å². The molecule has 0 amide bonds. The first kappa shape index (κ1) is 12.0. The predicted molar refractivity (Wildman–Crippen MR) is 63.3 cm³/mol. The molecule has 2 rings (SSSR count). The third-order valence-corrected chi connectivity index (χ3v) is 2.45. The van der Waals surface area contributed by atoms with Crippen LogP contribution >= 0.6 is 28.3 Å². The first-order valence-electron chi connectivity index (χ1n) is 3.94. The Labute approximate surface area is 100 Å². The fraction of sp³-hybridized carbons (Fsp3) is 0. The summed E-state index contributed by atoms with van der Waals surface area (Å²) in [6, 6.07) is 6.63. The number of hydrogen-bond donors (Lipinski definition) is 2. The van der Waals surface area contributed by atoms with E-state index < -0.39 is 0 Å². The van der Waals surface area contributed by atoms with Gasteiger partial charge in [0.2, 0.25) is 0 Å². The molecule has 0 aliphatic heterocycles. The molecule has 1 aromatic carbocycles. The van der Waals surface area contributed by atoms with E-state index in [-0.39, 0.29) is 18.2 Å². The van der Waals surface area contributed by atoms with Crippen LogP contribution in [0, 0.1) is 5.82 Å². The molecule has 6 heteroatoms. The van der Waals surface area contributed by atoms with Crippen molar-refractivity contribution < 1.29 is 4.39 Å². The number of anilines is 1. The van der Waals surface area contributed by atoms with Gasteiger partial charge in [-0.05, 0) is 28.1 Å². The maximum absolute atomic E-state index is 13.6. The predicted octanol–water partition coefficient (Wildman–Crippen LogP) is 2.98. The van der Waals surface area contributed by atoms with Gasteiger partial charge in [0.25, 0.3) is 0 Å². The third kappa shape index (κ3) is 2.30. The Kier molecular flexibility index (Phi) is 3.71. The van der Waals surface area contributed by atoms with E-state index in [2.05, 4.69) is 26.1 Å². The molecule has 0 aliphatic carbocycles. The summed E-state index contributed by atoms with van der Waals surface area (Å²) in [5.41, 5.74) is 6.45. The number of aromatic amines is 1. The lowest BCUT2D eigenvalue weighted by atomic mass is 10.1. The summed E-state index contributed by atoms with van der Waals surface area (Å²) >= 11 is 3.11. The first-order valence-corrected chi connectivity index (χ1v) is 4.73. The molecule has 0 unspecified atom stereocenters. The van der Waals surface area contributed by atoms with Gasteiger partial charge in [-0.3, -0.25) is 5.10 Å². The number of H-pyrrole nitrogens is 1. The Hall–Kier alpha value is -1.07. The molecule has 2 aromatic rings. The first-order chi connectivity index (χ1) is 6.68. The molecule has 15 heavy (non-hydrogen) atoms. The molecule has 1 aromatic heterocycles. The minimum atomic E-state index is -0.323. The second-order valence-corrected chi connectivity index (χ2v) is 3.66. The van der Waals surface area contributed by atoms with E-state index in [1.807, 2.05) is 0 Å². The zero-order valence-corrected chi connectivity index (χ0v) is 9.90. The molecular formula is C9H8BrClFN3. The largest absolute Gasteiger partial charge is 0.382 e. The van der Waals surface area contributed by atoms with E-state index in [0.717, 1.165) is 0 Å². The molecule has 0 saturated heterocycles. The zero-order chi connectivity index (χ0) is 10.1. The van der Waals surface area contributed by atoms with Gasteiger partial charge in [-0.15, -0.1) is 12.4 Å². The van der Waals surface area contributed by atoms with Crippen molar-refractivity contribution in [3.8, 4) is 11.3 Å². The number of nitrogen functional groups attached to an aromatic ring is 1. The average molecular weight is 293 g/mol. The maximum atomic E-state index is 13.6. The highest BCUT2D eigenvalue weighted by Gasteiger charge is 2.09. The minimum Gasteiger partial charge on any atom is -0.382 e. The molecule has 0 fully saturated rings. The summed E-state index contributed by atoms with van der Waals surface area (Å²) in [4.78, 5) is 0. The fourth-order valence-electron chi connectivity index (χ4n) is 1.19. The van der Waals surface area contributed by atoms with Crippen LogP contribution in [-0.2, 0) is 0 Å². The molecule has 0 aliphatic rings. The quantitative estimate of drug-likeness (QED) is 0.849. The normalized spacial score (nSPS) is 9.73. The highest BCUT2D eigenvalue weighted by atomic mass is 79.9. The lowest BCUT2D eigenvalue weighted by Crippen LogP contribution is -1.85. The molecule has 0 bridgehead atoms. The Morgan fingerprint density at radius 1 is 1.40 bits per heavy atom. The highest BCUT2D eigenvalue weighted by Crippen LogP contribution is 2.26. The van der Waals surface area contributed by atoms with Crippen molar-refractivity contribution >= 4 is 34.2 Å². The minimum absolute atomic E-state index is 0. The van der Waals surface area contributed by atoms with Crippen LogP contribution in [-0.4, -0.2) is 10.2 Å². The van der Waals surface area contributed by atoms with Gasteiger partial charge in [0.1, 0.15) is 11.6 Å². The summed E-state index contributed by atoms with van der Waals surface area (Å²) in [6.45, 7) is 0. The lowest BCUT2D eigenvalue weighted by Gasteiger charge is -2.00. The van der Waals surface area contributed by atoms with E-state index in [0.29, 0.717) is 21.5 Å². The second kappa shape index (κ2) is 4.63. The summed E-state index contributed by atoms with van der Waals surface area (Å²) in [6.07, 6.45) is 0. The fourth-order valence-corrected chi connectivity index (χ4v) is 1.55. The van der Waals surface area contributed by atoms with Gasteiger partial charge in [0.05, 0.1) is 10.2 Å². The molecule has 1 heterocycles. The summed E-state index contributed by atoms with van der Waals surface area (Å²) in [5.74, 6) is 0.0236. The van der Waals surface area contributed by atoms with Gasteiger partial charge >= 0.3 is 0 Å². The molecule has 0 saturated carbocycles. The average Bonchev–Trinajstić information content (AvgIpc) is 2.57. The van der Waals surface area contributed by atoms with E-state index in [1.54, 1.807) is 24.3 Å².